The number of anilines is 1. The molecule has 8 heteroatoms. The molecule has 2 fully saturated rings. The van der Waals surface area contributed by atoms with Gasteiger partial charge in [-0.2, -0.15) is 11.8 Å². The van der Waals surface area contributed by atoms with E-state index in [1.165, 1.54) is 12.1 Å². The predicted molar refractivity (Wildman–Crippen MR) is 96.0 cm³/mol. The fourth-order valence-corrected chi connectivity index (χ4v) is 4.77. The zero-order valence-electron chi connectivity index (χ0n) is 13.7. The fraction of sp³-hybridized carbons (Fsp3) is 0.471. The second kappa shape index (κ2) is 7.77. The molecule has 2 aliphatic rings. The third-order valence-corrected chi connectivity index (χ3v) is 5.98. The van der Waals surface area contributed by atoms with Crippen LogP contribution in [0.15, 0.2) is 24.3 Å². The van der Waals surface area contributed by atoms with E-state index in [4.69, 9.17) is 5.11 Å². The summed E-state index contributed by atoms with van der Waals surface area (Å²) in [5, 5.41) is 18.0. The maximum absolute atomic E-state index is 12.0. The first-order valence-corrected chi connectivity index (χ1v) is 9.39. The number of aromatic carboxylic acids is 1. The van der Waals surface area contributed by atoms with Gasteiger partial charge in [0.25, 0.3) is 0 Å². The SMILES string of the molecule is O=C(CCCCC1SCC2NC(=O)NC21)Nc1cccc(C(=O)O)c1. The fourth-order valence-electron chi connectivity index (χ4n) is 3.23. The summed E-state index contributed by atoms with van der Waals surface area (Å²) in [5.41, 5.74) is 0.650. The average Bonchev–Trinajstić information content (AvgIpc) is 3.11. The quantitative estimate of drug-likeness (QED) is 0.438. The van der Waals surface area contributed by atoms with Crippen LogP contribution in [-0.4, -0.2) is 46.1 Å². The van der Waals surface area contributed by atoms with E-state index >= 15 is 0 Å². The zero-order valence-corrected chi connectivity index (χ0v) is 14.5. The van der Waals surface area contributed by atoms with Gasteiger partial charge in [-0.25, -0.2) is 9.59 Å². The molecule has 3 amide bonds. The number of fused-ring (bicyclic) bond motifs is 1. The number of thioether (sulfide) groups is 1. The number of hydrogen-bond acceptors (Lipinski definition) is 4. The number of hydrogen-bond donors (Lipinski definition) is 4. The van der Waals surface area contributed by atoms with E-state index in [9.17, 15) is 14.4 Å². The molecule has 3 atom stereocenters. The summed E-state index contributed by atoms with van der Waals surface area (Å²) in [5.74, 6) is -0.193. The molecule has 0 spiro atoms. The molecule has 1 aromatic carbocycles. The molecule has 1 aromatic rings. The molecule has 3 unspecified atom stereocenters. The lowest BCUT2D eigenvalue weighted by atomic mass is 10.0. The number of carbonyl (C=O) groups excluding carboxylic acids is 2. The van der Waals surface area contributed by atoms with Crippen LogP contribution in [0.3, 0.4) is 0 Å². The standard InChI is InChI=1S/C17H21N3O4S/c21-14(18-11-5-3-4-10(8-11)16(22)23)7-2-1-6-13-15-12(9-25-13)19-17(24)20-15/h3-5,8,12-13,15H,1-2,6-7,9H2,(H,18,21)(H,22,23)(H2,19,20,24). The van der Waals surface area contributed by atoms with Crippen molar-refractivity contribution in [2.75, 3.05) is 11.1 Å². The van der Waals surface area contributed by atoms with E-state index in [2.05, 4.69) is 16.0 Å². The molecule has 0 aliphatic carbocycles. The van der Waals surface area contributed by atoms with Crippen LogP contribution in [0.1, 0.15) is 36.0 Å². The van der Waals surface area contributed by atoms with Gasteiger partial charge in [0.1, 0.15) is 0 Å². The molecule has 0 saturated carbocycles. The molecular formula is C17H21N3O4S. The number of carbonyl (C=O) groups is 3. The molecule has 25 heavy (non-hydrogen) atoms. The van der Waals surface area contributed by atoms with Crippen molar-refractivity contribution in [3.8, 4) is 0 Å². The Hall–Kier alpha value is -2.22. The first-order chi connectivity index (χ1) is 12.0. The van der Waals surface area contributed by atoms with Crippen LogP contribution >= 0.6 is 11.8 Å². The highest BCUT2D eigenvalue weighted by Crippen LogP contribution is 2.33. The van der Waals surface area contributed by atoms with Crippen molar-refractivity contribution < 1.29 is 19.5 Å². The Bertz CT molecular complexity index is 682. The highest BCUT2D eigenvalue weighted by molar-refractivity contribution is 8.00. The van der Waals surface area contributed by atoms with Crippen LogP contribution < -0.4 is 16.0 Å². The lowest BCUT2D eigenvalue weighted by Gasteiger charge is -2.16. The predicted octanol–water partition coefficient (Wildman–Crippen LogP) is 2.05. The third-order valence-electron chi connectivity index (χ3n) is 4.47. The molecule has 134 valence electrons. The molecule has 0 bridgehead atoms. The summed E-state index contributed by atoms with van der Waals surface area (Å²) in [4.78, 5) is 34.3. The topological polar surface area (TPSA) is 108 Å². The molecule has 7 nitrogen and oxygen atoms in total. The molecule has 0 aromatic heterocycles. The van der Waals surface area contributed by atoms with Crippen molar-refractivity contribution in [2.24, 2.45) is 0 Å². The van der Waals surface area contributed by atoms with Crippen molar-refractivity contribution in [1.29, 1.82) is 0 Å². The number of unbranched alkanes of at least 4 members (excludes halogenated alkanes) is 1. The van der Waals surface area contributed by atoms with E-state index in [1.807, 2.05) is 11.8 Å². The second-order valence-corrected chi connectivity index (χ2v) is 7.57. The van der Waals surface area contributed by atoms with Gasteiger partial charge in [0.2, 0.25) is 5.91 Å². The van der Waals surface area contributed by atoms with Gasteiger partial charge in [0.05, 0.1) is 17.6 Å². The highest BCUT2D eigenvalue weighted by atomic mass is 32.2. The van der Waals surface area contributed by atoms with Crippen molar-refractivity contribution >= 4 is 35.4 Å². The Morgan fingerprint density at radius 2 is 2.12 bits per heavy atom. The molecule has 2 heterocycles. The highest BCUT2D eigenvalue weighted by Gasteiger charge is 2.42. The smallest absolute Gasteiger partial charge is 0.335 e. The van der Waals surface area contributed by atoms with Crippen LogP contribution in [0.25, 0.3) is 0 Å². The number of nitrogens with one attached hydrogen (secondary N) is 3. The number of benzene rings is 1. The van der Waals surface area contributed by atoms with Gasteiger partial charge >= 0.3 is 12.0 Å². The first-order valence-electron chi connectivity index (χ1n) is 8.35. The van der Waals surface area contributed by atoms with Crippen LogP contribution in [-0.2, 0) is 4.79 Å². The normalized spacial score (nSPS) is 24.3. The Kier molecular flexibility index (Phi) is 5.47. The van der Waals surface area contributed by atoms with E-state index in [-0.39, 0.29) is 29.6 Å². The van der Waals surface area contributed by atoms with E-state index in [0.29, 0.717) is 17.4 Å². The van der Waals surface area contributed by atoms with Crippen molar-refractivity contribution in [1.82, 2.24) is 10.6 Å². The Morgan fingerprint density at radius 3 is 2.92 bits per heavy atom. The van der Waals surface area contributed by atoms with Gasteiger partial charge < -0.3 is 21.1 Å². The van der Waals surface area contributed by atoms with E-state index in [0.717, 1.165) is 25.0 Å². The molecule has 4 N–H and O–H groups in total. The Labute approximate surface area is 149 Å². The van der Waals surface area contributed by atoms with Crippen LogP contribution in [0.2, 0.25) is 0 Å². The Balaban J connectivity index is 1.38. The number of amides is 3. The summed E-state index contributed by atoms with van der Waals surface area (Å²) < 4.78 is 0. The maximum atomic E-state index is 12.0. The van der Waals surface area contributed by atoms with Gasteiger partial charge in [0, 0.05) is 23.1 Å². The minimum absolute atomic E-state index is 0.0803. The molecule has 2 aliphatic heterocycles. The van der Waals surface area contributed by atoms with Crippen LogP contribution in [0.4, 0.5) is 10.5 Å². The summed E-state index contributed by atoms with van der Waals surface area (Å²) in [6.45, 7) is 0. The van der Waals surface area contributed by atoms with Gasteiger partial charge in [-0.15, -0.1) is 0 Å². The van der Waals surface area contributed by atoms with Crippen molar-refractivity contribution in [3.63, 3.8) is 0 Å². The third kappa shape index (κ3) is 4.45. The lowest BCUT2D eigenvalue weighted by Crippen LogP contribution is -2.36. The number of carboxylic acids is 1. The minimum Gasteiger partial charge on any atom is -0.478 e. The summed E-state index contributed by atoms with van der Waals surface area (Å²) in [7, 11) is 0. The summed E-state index contributed by atoms with van der Waals surface area (Å²) >= 11 is 1.87. The number of carboxylic acid groups (broad SMARTS) is 1. The zero-order chi connectivity index (χ0) is 17.8. The van der Waals surface area contributed by atoms with Gasteiger partial charge in [0.15, 0.2) is 0 Å². The summed E-state index contributed by atoms with van der Waals surface area (Å²) in [6.07, 6.45) is 3.04. The maximum Gasteiger partial charge on any atom is 0.335 e. The van der Waals surface area contributed by atoms with Crippen molar-refractivity contribution in [2.45, 2.75) is 43.0 Å². The van der Waals surface area contributed by atoms with Crippen molar-refractivity contribution in [3.05, 3.63) is 29.8 Å². The van der Waals surface area contributed by atoms with E-state index in [1.54, 1.807) is 12.1 Å². The van der Waals surface area contributed by atoms with Gasteiger partial charge in [-0.05, 0) is 31.0 Å². The first kappa shape index (κ1) is 17.6. The molecule has 0 radical (unpaired) electrons. The molecule has 3 rings (SSSR count). The molecular weight excluding hydrogens is 342 g/mol. The average molecular weight is 363 g/mol. The second-order valence-electron chi connectivity index (χ2n) is 6.30. The largest absolute Gasteiger partial charge is 0.478 e. The monoisotopic (exact) mass is 363 g/mol. The summed E-state index contributed by atoms with van der Waals surface area (Å²) in [6, 6.07) is 6.57. The van der Waals surface area contributed by atoms with Gasteiger partial charge in [-0.1, -0.05) is 12.5 Å². The molecule has 2 saturated heterocycles. The van der Waals surface area contributed by atoms with Crippen LogP contribution in [0, 0.1) is 0 Å². The number of rotatable bonds is 7. The van der Waals surface area contributed by atoms with Crippen LogP contribution in [0.5, 0.6) is 0 Å². The van der Waals surface area contributed by atoms with E-state index < -0.39 is 5.97 Å². The minimum atomic E-state index is -1.02. The number of urea groups is 1. The Morgan fingerprint density at radius 1 is 1.28 bits per heavy atom. The lowest BCUT2D eigenvalue weighted by molar-refractivity contribution is -0.116. The van der Waals surface area contributed by atoms with Gasteiger partial charge in [-0.3, -0.25) is 4.79 Å².